The third-order valence-electron chi connectivity index (χ3n) is 2.11. The van der Waals surface area contributed by atoms with Gasteiger partial charge in [0.25, 0.3) is 5.91 Å². The van der Waals surface area contributed by atoms with Crippen LogP contribution >= 0.6 is 23.2 Å². The second-order valence-electron chi connectivity index (χ2n) is 3.54. The Morgan fingerprint density at radius 1 is 1.32 bits per heavy atom. The molecule has 0 aliphatic heterocycles. The summed E-state index contributed by atoms with van der Waals surface area (Å²) in [5, 5.41) is 3.11. The van der Waals surface area contributed by atoms with Gasteiger partial charge in [-0.15, -0.1) is 0 Å². The van der Waals surface area contributed by atoms with Crippen LogP contribution in [0.1, 0.15) is 10.4 Å². The zero-order valence-corrected chi connectivity index (χ0v) is 11.8. The van der Waals surface area contributed by atoms with Gasteiger partial charge in [-0.05, 0) is 18.2 Å². The van der Waals surface area contributed by atoms with Gasteiger partial charge >= 0.3 is 5.97 Å². The van der Waals surface area contributed by atoms with Crippen LogP contribution in [0.25, 0.3) is 0 Å². The predicted octanol–water partition coefficient (Wildman–Crippen LogP) is 1.91. The molecule has 104 valence electrons. The summed E-state index contributed by atoms with van der Waals surface area (Å²) in [5.74, 6) is -1.08. The quantitative estimate of drug-likeness (QED) is 0.644. The number of ether oxygens (including phenoxy) is 2. The molecule has 1 N–H and O–H groups in total. The molecule has 5 nitrogen and oxygen atoms in total. The lowest BCUT2D eigenvalue weighted by molar-refractivity contribution is -0.124. The molecule has 0 aromatic heterocycles. The Morgan fingerprint density at radius 3 is 2.68 bits per heavy atom. The third-order valence-corrected chi connectivity index (χ3v) is 2.66. The predicted molar refractivity (Wildman–Crippen MR) is 71.6 cm³/mol. The number of nitrogens with one attached hydrogen (secondary N) is 1. The Hall–Kier alpha value is -1.30. The molecule has 1 aromatic carbocycles. The lowest BCUT2D eigenvalue weighted by Crippen LogP contribution is -2.31. The molecule has 0 fully saturated rings. The maximum atomic E-state index is 11.7. The summed E-state index contributed by atoms with van der Waals surface area (Å²) < 4.78 is 9.58. The number of benzene rings is 1. The van der Waals surface area contributed by atoms with E-state index in [9.17, 15) is 9.59 Å². The van der Waals surface area contributed by atoms with Gasteiger partial charge < -0.3 is 14.8 Å². The van der Waals surface area contributed by atoms with Gasteiger partial charge in [0.2, 0.25) is 0 Å². The lowest BCUT2D eigenvalue weighted by atomic mass is 10.2. The lowest BCUT2D eigenvalue weighted by Gasteiger charge is -2.07. The van der Waals surface area contributed by atoms with Crippen LogP contribution < -0.4 is 5.32 Å². The van der Waals surface area contributed by atoms with E-state index < -0.39 is 11.9 Å². The third kappa shape index (κ3) is 5.46. The fraction of sp³-hybridized carbons (Fsp3) is 0.333. The molecule has 1 aromatic rings. The first-order chi connectivity index (χ1) is 9.04. The van der Waals surface area contributed by atoms with Crippen LogP contribution in [0.15, 0.2) is 18.2 Å². The average molecular weight is 306 g/mol. The second-order valence-corrected chi connectivity index (χ2v) is 4.39. The molecule has 0 atom stereocenters. The van der Waals surface area contributed by atoms with E-state index in [0.29, 0.717) is 18.2 Å². The van der Waals surface area contributed by atoms with E-state index in [0.717, 1.165) is 0 Å². The summed E-state index contributed by atoms with van der Waals surface area (Å²) in [7, 11) is 1.52. The zero-order chi connectivity index (χ0) is 14.3. The molecule has 0 radical (unpaired) electrons. The van der Waals surface area contributed by atoms with E-state index in [-0.39, 0.29) is 17.2 Å². The number of hydrogen-bond donors (Lipinski definition) is 1. The summed E-state index contributed by atoms with van der Waals surface area (Å²) in [6.45, 7) is 0.374. The van der Waals surface area contributed by atoms with Gasteiger partial charge in [0.1, 0.15) is 0 Å². The smallest absolute Gasteiger partial charge is 0.340 e. The summed E-state index contributed by atoms with van der Waals surface area (Å²) in [5.41, 5.74) is 0.163. The minimum atomic E-state index is -0.677. The number of carbonyl (C=O) groups is 2. The van der Waals surface area contributed by atoms with Crippen molar-refractivity contribution in [2.24, 2.45) is 0 Å². The number of amides is 1. The van der Waals surface area contributed by atoms with Crippen LogP contribution in [-0.4, -0.2) is 38.7 Å². The molecule has 1 amide bonds. The van der Waals surface area contributed by atoms with Crippen molar-refractivity contribution >= 4 is 35.1 Å². The van der Waals surface area contributed by atoms with Gasteiger partial charge in [0.15, 0.2) is 6.61 Å². The number of rotatable bonds is 6. The van der Waals surface area contributed by atoms with Gasteiger partial charge in [0.05, 0.1) is 17.2 Å². The van der Waals surface area contributed by atoms with E-state index in [1.54, 1.807) is 0 Å². The van der Waals surface area contributed by atoms with Gasteiger partial charge in [-0.25, -0.2) is 4.79 Å². The molecule has 0 saturated heterocycles. The summed E-state index contributed by atoms with van der Waals surface area (Å²) >= 11 is 11.5. The maximum absolute atomic E-state index is 11.7. The van der Waals surface area contributed by atoms with Crippen molar-refractivity contribution in [3.05, 3.63) is 33.8 Å². The van der Waals surface area contributed by atoms with E-state index in [1.807, 2.05) is 0 Å². The first-order valence-electron chi connectivity index (χ1n) is 5.42. The van der Waals surface area contributed by atoms with Crippen LogP contribution in [0.5, 0.6) is 0 Å². The molecule has 1 rings (SSSR count). The topological polar surface area (TPSA) is 64.6 Å². The highest BCUT2D eigenvalue weighted by Gasteiger charge is 2.13. The highest BCUT2D eigenvalue weighted by Crippen LogP contribution is 2.21. The van der Waals surface area contributed by atoms with E-state index in [4.69, 9.17) is 32.7 Å². The van der Waals surface area contributed by atoms with E-state index >= 15 is 0 Å². The first-order valence-corrected chi connectivity index (χ1v) is 6.18. The molecule has 0 heterocycles. The second kappa shape index (κ2) is 7.99. The van der Waals surface area contributed by atoms with Crippen molar-refractivity contribution in [1.82, 2.24) is 5.32 Å². The van der Waals surface area contributed by atoms with Crippen LogP contribution in [0.4, 0.5) is 0 Å². The molecule has 19 heavy (non-hydrogen) atoms. The normalized spacial score (nSPS) is 10.1. The van der Waals surface area contributed by atoms with Crippen LogP contribution in [0, 0.1) is 0 Å². The fourth-order valence-corrected chi connectivity index (χ4v) is 1.69. The Labute approximate surface area is 120 Å². The Balaban J connectivity index is 2.45. The molecule has 0 aliphatic rings. The first kappa shape index (κ1) is 15.8. The highest BCUT2D eigenvalue weighted by atomic mass is 35.5. The molecule has 0 unspecified atom stereocenters. The van der Waals surface area contributed by atoms with E-state index in [1.165, 1.54) is 25.3 Å². The number of carbonyl (C=O) groups excluding carboxylic acids is 2. The Kier molecular flexibility index (Phi) is 6.62. The van der Waals surface area contributed by atoms with Crippen LogP contribution in [0.2, 0.25) is 10.0 Å². The molecule has 0 saturated carbocycles. The van der Waals surface area contributed by atoms with Crippen molar-refractivity contribution in [2.75, 3.05) is 26.9 Å². The van der Waals surface area contributed by atoms with Crippen LogP contribution in [0.3, 0.4) is 0 Å². The average Bonchev–Trinajstić information content (AvgIpc) is 2.36. The molecule has 0 spiro atoms. The molecular weight excluding hydrogens is 293 g/mol. The molecular formula is C12H13Cl2NO4. The minimum absolute atomic E-state index is 0.163. The minimum Gasteiger partial charge on any atom is -0.452 e. The molecule has 7 heteroatoms. The van der Waals surface area contributed by atoms with Gasteiger partial charge in [-0.3, -0.25) is 4.79 Å². The molecule has 0 bridgehead atoms. The Morgan fingerprint density at radius 2 is 2.05 bits per heavy atom. The number of esters is 1. The van der Waals surface area contributed by atoms with Gasteiger partial charge in [0, 0.05) is 18.7 Å². The number of halogens is 2. The SMILES string of the molecule is COCCNC(=O)COC(=O)c1ccc(Cl)cc1Cl. The molecule has 0 aliphatic carbocycles. The van der Waals surface area contributed by atoms with Crippen molar-refractivity contribution in [3.8, 4) is 0 Å². The van der Waals surface area contributed by atoms with Crippen molar-refractivity contribution in [2.45, 2.75) is 0 Å². The van der Waals surface area contributed by atoms with Gasteiger partial charge in [-0.1, -0.05) is 23.2 Å². The number of methoxy groups -OCH3 is 1. The van der Waals surface area contributed by atoms with Crippen molar-refractivity contribution < 1.29 is 19.1 Å². The summed E-state index contributed by atoms with van der Waals surface area (Å²) in [6, 6.07) is 4.39. The zero-order valence-electron chi connectivity index (χ0n) is 10.2. The summed E-state index contributed by atoms with van der Waals surface area (Å²) in [4.78, 5) is 23.0. The fourth-order valence-electron chi connectivity index (χ4n) is 1.21. The summed E-state index contributed by atoms with van der Waals surface area (Å²) in [6.07, 6.45) is 0. The monoisotopic (exact) mass is 305 g/mol. The van der Waals surface area contributed by atoms with Crippen molar-refractivity contribution in [3.63, 3.8) is 0 Å². The van der Waals surface area contributed by atoms with Crippen molar-refractivity contribution in [1.29, 1.82) is 0 Å². The Bertz CT molecular complexity index is 465. The maximum Gasteiger partial charge on any atom is 0.340 e. The van der Waals surface area contributed by atoms with Gasteiger partial charge in [-0.2, -0.15) is 0 Å². The highest BCUT2D eigenvalue weighted by molar-refractivity contribution is 6.36. The van der Waals surface area contributed by atoms with Crippen LogP contribution in [-0.2, 0) is 14.3 Å². The number of hydrogen-bond acceptors (Lipinski definition) is 4. The van der Waals surface area contributed by atoms with E-state index in [2.05, 4.69) is 5.32 Å². The largest absolute Gasteiger partial charge is 0.452 e. The standard InChI is InChI=1S/C12H13Cl2NO4/c1-18-5-4-15-11(16)7-19-12(17)9-3-2-8(13)6-10(9)14/h2-3,6H,4-5,7H2,1H3,(H,15,16).